The largest absolute Gasteiger partial charge is 0.494 e. The third-order valence-electron chi connectivity index (χ3n) is 6.41. The fourth-order valence-electron chi connectivity index (χ4n) is 4.41. The van der Waals surface area contributed by atoms with Crippen LogP contribution in [-0.2, 0) is 0 Å². The molecule has 1 aliphatic heterocycles. The Morgan fingerprint density at radius 2 is 1.80 bits per heavy atom. The molecule has 184 valence electrons. The van der Waals surface area contributed by atoms with Crippen LogP contribution in [0.3, 0.4) is 0 Å². The van der Waals surface area contributed by atoms with E-state index in [1.165, 1.54) is 31.1 Å². The highest BCUT2D eigenvalue weighted by Crippen LogP contribution is 2.32. The molecule has 4 aromatic rings. The van der Waals surface area contributed by atoms with Crippen molar-refractivity contribution in [3.63, 3.8) is 0 Å². The standard InChI is InChI=1S/C25H26F2N6O.ClH/c1-34-21-7-6-19(22(26)23(21)27)20-15-30-25-24(29-10-13-33(20)25)31-17-2-4-18(5-3-17)32-11-8-16(14-28)9-12-32;/h2-7,10,13,15-16H,8-9,11-12,14,28H2,1H3,(H,29,31);1H. The number of fused-ring (bicyclic) bond motifs is 1. The lowest BCUT2D eigenvalue weighted by Crippen LogP contribution is -2.35. The van der Waals surface area contributed by atoms with Gasteiger partial charge in [-0.25, -0.2) is 14.4 Å². The number of nitrogens with one attached hydrogen (secondary N) is 1. The van der Waals surface area contributed by atoms with Crippen LogP contribution in [0.15, 0.2) is 55.0 Å². The van der Waals surface area contributed by atoms with E-state index in [0.29, 0.717) is 23.1 Å². The molecule has 0 radical (unpaired) electrons. The topological polar surface area (TPSA) is 80.7 Å². The second-order valence-corrected chi connectivity index (χ2v) is 8.39. The van der Waals surface area contributed by atoms with Gasteiger partial charge in [-0.1, -0.05) is 0 Å². The minimum atomic E-state index is -1.03. The van der Waals surface area contributed by atoms with Gasteiger partial charge in [0, 0.05) is 42.4 Å². The molecule has 1 aliphatic rings. The smallest absolute Gasteiger partial charge is 0.201 e. The van der Waals surface area contributed by atoms with Gasteiger partial charge in [-0.05, 0) is 61.7 Å². The Kier molecular flexibility index (Phi) is 7.37. The summed E-state index contributed by atoms with van der Waals surface area (Å²) < 4.78 is 35.5. The molecule has 35 heavy (non-hydrogen) atoms. The Hall–Kier alpha value is -3.43. The van der Waals surface area contributed by atoms with Crippen molar-refractivity contribution in [2.45, 2.75) is 12.8 Å². The van der Waals surface area contributed by atoms with E-state index in [1.54, 1.807) is 16.8 Å². The van der Waals surface area contributed by atoms with Gasteiger partial charge in [0.15, 0.2) is 23.0 Å². The van der Waals surface area contributed by atoms with Gasteiger partial charge in [0.05, 0.1) is 19.0 Å². The van der Waals surface area contributed by atoms with E-state index in [9.17, 15) is 8.78 Å². The molecule has 1 fully saturated rings. The maximum absolute atomic E-state index is 14.7. The second kappa shape index (κ2) is 10.5. The first-order valence-electron chi connectivity index (χ1n) is 11.3. The molecule has 0 spiro atoms. The molecule has 0 aliphatic carbocycles. The molecular weight excluding hydrogens is 474 g/mol. The molecule has 2 aromatic carbocycles. The molecule has 3 heterocycles. The number of anilines is 3. The van der Waals surface area contributed by atoms with Crippen LogP contribution in [-0.4, -0.2) is 41.1 Å². The number of rotatable bonds is 6. The minimum Gasteiger partial charge on any atom is -0.494 e. The Balaban J connectivity index is 0.00000289. The number of piperidine rings is 1. The monoisotopic (exact) mass is 500 g/mol. The van der Waals surface area contributed by atoms with Crippen molar-refractivity contribution < 1.29 is 13.5 Å². The minimum absolute atomic E-state index is 0. The number of hydrogen-bond acceptors (Lipinski definition) is 6. The second-order valence-electron chi connectivity index (χ2n) is 8.39. The summed E-state index contributed by atoms with van der Waals surface area (Å²) in [5, 5.41) is 3.28. The summed E-state index contributed by atoms with van der Waals surface area (Å²) in [6.45, 7) is 2.77. The van der Waals surface area contributed by atoms with Crippen LogP contribution in [0.4, 0.5) is 26.0 Å². The Bertz CT molecular complexity index is 1310. The number of nitrogens with zero attached hydrogens (tertiary/aromatic N) is 4. The summed E-state index contributed by atoms with van der Waals surface area (Å²) in [6.07, 6.45) is 6.99. The summed E-state index contributed by atoms with van der Waals surface area (Å²) in [7, 11) is 1.30. The van der Waals surface area contributed by atoms with E-state index in [1.807, 2.05) is 12.1 Å². The van der Waals surface area contributed by atoms with Gasteiger partial charge in [-0.15, -0.1) is 12.4 Å². The predicted octanol–water partition coefficient (Wildman–Crippen LogP) is 5.02. The summed E-state index contributed by atoms with van der Waals surface area (Å²) >= 11 is 0. The highest BCUT2D eigenvalue weighted by molar-refractivity contribution is 5.85. The van der Waals surface area contributed by atoms with Gasteiger partial charge in [0.1, 0.15) is 0 Å². The van der Waals surface area contributed by atoms with Gasteiger partial charge in [0.2, 0.25) is 5.82 Å². The average molecular weight is 501 g/mol. The highest BCUT2D eigenvalue weighted by Gasteiger charge is 2.20. The molecule has 0 amide bonds. The highest BCUT2D eigenvalue weighted by atomic mass is 35.5. The van der Waals surface area contributed by atoms with Crippen LogP contribution in [0.5, 0.6) is 5.75 Å². The SMILES string of the molecule is COc1ccc(-c2cnc3c(Nc4ccc(N5CCC(CN)CC5)cc4)nccn23)c(F)c1F.Cl. The fraction of sp³-hybridized carbons (Fsp3) is 0.280. The van der Waals surface area contributed by atoms with E-state index in [4.69, 9.17) is 10.5 Å². The number of ether oxygens (including phenoxy) is 1. The zero-order valence-corrected chi connectivity index (χ0v) is 20.1. The normalized spacial score (nSPS) is 14.1. The Morgan fingerprint density at radius 1 is 1.06 bits per heavy atom. The lowest BCUT2D eigenvalue weighted by Gasteiger charge is -2.33. The summed E-state index contributed by atoms with van der Waals surface area (Å²) in [6, 6.07) is 11.0. The van der Waals surface area contributed by atoms with Crippen molar-refractivity contribution >= 4 is 35.2 Å². The summed E-state index contributed by atoms with van der Waals surface area (Å²) in [5.41, 5.74) is 8.83. The van der Waals surface area contributed by atoms with Crippen LogP contribution in [0.1, 0.15) is 12.8 Å². The molecule has 0 saturated carbocycles. The lowest BCUT2D eigenvalue weighted by molar-refractivity contribution is 0.372. The van der Waals surface area contributed by atoms with E-state index in [0.717, 1.165) is 38.2 Å². The van der Waals surface area contributed by atoms with E-state index >= 15 is 0 Å². The van der Waals surface area contributed by atoms with Crippen molar-refractivity contribution in [2.75, 3.05) is 37.0 Å². The van der Waals surface area contributed by atoms with Gasteiger partial charge >= 0.3 is 0 Å². The molecule has 7 nitrogen and oxygen atoms in total. The van der Waals surface area contributed by atoms with Crippen molar-refractivity contribution in [3.05, 3.63) is 66.6 Å². The summed E-state index contributed by atoms with van der Waals surface area (Å²) in [4.78, 5) is 11.2. The first-order valence-corrected chi connectivity index (χ1v) is 11.3. The number of benzene rings is 2. The number of imidazole rings is 1. The van der Waals surface area contributed by atoms with Crippen LogP contribution < -0.4 is 20.7 Å². The number of nitrogens with two attached hydrogens (primary N) is 1. The fourth-order valence-corrected chi connectivity index (χ4v) is 4.41. The molecular formula is C25H27ClF2N6O. The van der Waals surface area contributed by atoms with Crippen molar-refractivity contribution in [1.82, 2.24) is 14.4 Å². The molecule has 0 atom stereocenters. The van der Waals surface area contributed by atoms with Crippen LogP contribution in [0, 0.1) is 17.6 Å². The number of aromatic nitrogens is 3. The van der Waals surface area contributed by atoms with Crippen molar-refractivity contribution in [3.8, 4) is 17.0 Å². The molecule has 5 rings (SSSR count). The first-order chi connectivity index (χ1) is 16.6. The number of hydrogen-bond donors (Lipinski definition) is 2. The molecule has 0 bridgehead atoms. The van der Waals surface area contributed by atoms with Gasteiger partial charge < -0.3 is 20.7 Å². The number of methoxy groups -OCH3 is 1. The zero-order valence-electron chi connectivity index (χ0n) is 19.2. The quantitative estimate of drug-likeness (QED) is 0.387. The Labute approximate surface area is 208 Å². The molecule has 0 unspecified atom stereocenters. The molecule has 3 N–H and O–H groups in total. The third kappa shape index (κ3) is 4.74. The van der Waals surface area contributed by atoms with Gasteiger partial charge in [0.25, 0.3) is 0 Å². The van der Waals surface area contributed by atoms with Crippen molar-refractivity contribution in [2.24, 2.45) is 11.7 Å². The predicted molar refractivity (Wildman–Crippen MR) is 136 cm³/mol. The Morgan fingerprint density at radius 3 is 2.49 bits per heavy atom. The zero-order chi connectivity index (χ0) is 23.7. The lowest BCUT2D eigenvalue weighted by atomic mass is 9.97. The van der Waals surface area contributed by atoms with E-state index in [2.05, 4.69) is 32.3 Å². The van der Waals surface area contributed by atoms with Gasteiger partial charge in [-0.2, -0.15) is 4.39 Å². The molecule has 1 saturated heterocycles. The maximum Gasteiger partial charge on any atom is 0.201 e. The van der Waals surface area contributed by atoms with Gasteiger partial charge in [-0.3, -0.25) is 4.40 Å². The van der Waals surface area contributed by atoms with E-state index in [-0.39, 0.29) is 23.7 Å². The van der Waals surface area contributed by atoms with Crippen LogP contribution >= 0.6 is 12.4 Å². The van der Waals surface area contributed by atoms with E-state index < -0.39 is 11.6 Å². The first kappa shape index (κ1) is 24.7. The maximum atomic E-state index is 14.7. The molecule has 2 aromatic heterocycles. The number of halogens is 3. The van der Waals surface area contributed by atoms with Crippen molar-refractivity contribution in [1.29, 1.82) is 0 Å². The summed E-state index contributed by atoms with van der Waals surface area (Å²) in [5.74, 6) is -1.04. The third-order valence-corrected chi connectivity index (χ3v) is 6.41. The van der Waals surface area contributed by atoms with Crippen LogP contribution in [0.25, 0.3) is 16.9 Å². The van der Waals surface area contributed by atoms with Crippen LogP contribution in [0.2, 0.25) is 0 Å². The molecule has 10 heteroatoms. The average Bonchev–Trinajstić information content (AvgIpc) is 3.31.